The number of nitrogen functional groups attached to an aromatic ring is 1. The molecular weight excluding hydrogens is 229 g/mol. The summed E-state index contributed by atoms with van der Waals surface area (Å²) in [5.41, 5.74) is 7.08. The molecule has 0 spiro atoms. The highest BCUT2D eigenvalue weighted by Gasteiger charge is 2.16. The van der Waals surface area contributed by atoms with Crippen LogP contribution in [0.3, 0.4) is 0 Å². The maximum atomic E-state index is 13.8. The molecule has 2 rings (SSSR count). The van der Waals surface area contributed by atoms with Gasteiger partial charge in [0.2, 0.25) is 0 Å². The topological polar surface area (TPSA) is 43.8 Å². The minimum Gasteiger partial charge on any atom is -0.383 e. The third-order valence-corrected chi connectivity index (χ3v) is 2.87. The van der Waals surface area contributed by atoms with Crippen molar-refractivity contribution in [2.75, 3.05) is 5.73 Å². The van der Waals surface area contributed by atoms with Crippen LogP contribution in [0.2, 0.25) is 0 Å². The molecule has 2 aromatic rings. The van der Waals surface area contributed by atoms with Crippen molar-refractivity contribution in [1.29, 1.82) is 0 Å². The molecule has 0 aliphatic heterocycles. The number of nitrogens with zero attached hydrogens (tertiary/aromatic N) is 2. The van der Waals surface area contributed by atoms with E-state index >= 15 is 0 Å². The van der Waals surface area contributed by atoms with E-state index in [1.54, 1.807) is 18.2 Å². The zero-order valence-electron chi connectivity index (χ0n) is 10.9. The highest BCUT2D eigenvalue weighted by atomic mass is 19.1. The lowest BCUT2D eigenvalue weighted by Crippen LogP contribution is -2.09. The Balaban J connectivity index is 2.51. The van der Waals surface area contributed by atoms with Gasteiger partial charge in [0.15, 0.2) is 0 Å². The van der Waals surface area contributed by atoms with Crippen LogP contribution in [0, 0.1) is 18.7 Å². The van der Waals surface area contributed by atoms with Gasteiger partial charge >= 0.3 is 0 Å². The molecule has 0 atom stereocenters. The molecule has 0 aliphatic carbocycles. The fourth-order valence-corrected chi connectivity index (χ4v) is 2.03. The fraction of sp³-hybridized carbons (Fsp3) is 0.357. The van der Waals surface area contributed by atoms with Gasteiger partial charge in [0.05, 0.1) is 0 Å². The third kappa shape index (κ3) is 2.23. The molecule has 0 aliphatic rings. The smallest absolute Gasteiger partial charge is 0.132 e. The largest absolute Gasteiger partial charge is 0.383 e. The third-order valence-electron chi connectivity index (χ3n) is 2.87. The quantitative estimate of drug-likeness (QED) is 0.904. The molecule has 4 heteroatoms. The Morgan fingerprint density at radius 2 is 2.00 bits per heavy atom. The van der Waals surface area contributed by atoms with E-state index in [9.17, 15) is 4.39 Å². The molecule has 0 bridgehead atoms. The summed E-state index contributed by atoms with van der Waals surface area (Å²) in [5, 5.41) is 0. The number of aromatic nitrogens is 2. The Morgan fingerprint density at radius 3 is 2.61 bits per heavy atom. The Kier molecular flexibility index (Phi) is 3.36. The average molecular weight is 247 g/mol. The van der Waals surface area contributed by atoms with E-state index in [1.165, 1.54) is 6.07 Å². The predicted octanol–water partition coefficient (Wildman–Crippen LogP) is 3.24. The molecule has 0 saturated carbocycles. The van der Waals surface area contributed by atoms with E-state index in [0.29, 0.717) is 23.0 Å². The van der Waals surface area contributed by atoms with Gasteiger partial charge in [-0.1, -0.05) is 26.0 Å². The second-order valence-electron chi connectivity index (χ2n) is 4.88. The Morgan fingerprint density at radius 1 is 1.33 bits per heavy atom. The summed E-state index contributed by atoms with van der Waals surface area (Å²) in [5.74, 6) is 1.53. The number of nitrogens with two attached hydrogens (primary N) is 1. The van der Waals surface area contributed by atoms with E-state index < -0.39 is 0 Å². The number of imidazole rings is 1. The van der Waals surface area contributed by atoms with Crippen molar-refractivity contribution in [3.8, 4) is 11.3 Å². The maximum absolute atomic E-state index is 13.8. The molecule has 0 unspecified atom stereocenters. The van der Waals surface area contributed by atoms with Crippen LogP contribution < -0.4 is 5.73 Å². The van der Waals surface area contributed by atoms with Crippen LogP contribution in [0.4, 0.5) is 10.2 Å². The highest BCUT2D eigenvalue weighted by molar-refractivity contribution is 5.71. The zero-order chi connectivity index (χ0) is 13.3. The van der Waals surface area contributed by atoms with Gasteiger partial charge in [-0.25, -0.2) is 9.37 Å². The summed E-state index contributed by atoms with van der Waals surface area (Å²) >= 11 is 0. The van der Waals surface area contributed by atoms with Gasteiger partial charge in [-0.05, 0) is 25.0 Å². The highest BCUT2D eigenvalue weighted by Crippen LogP contribution is 2.28. The van der Waals surface area contributed by atoms with E-state index in [2.05, 4.69) is 18.8 Å². The average Bonchev–Trinajstić information content (AvgIpc) is 2.57. The standard InChI is InChI=1S/C14H18FN3/c1-9(2)8-18-10(3)17-13(14(18)16)11-6-4-5-7-12(11)15/h4-7,9H,8,16H2,1-3H3. The molecule has 0 amide bonds. The van der Waals surface area contributed by atoms with Gasteiger partial charge in [-0.3, -0.25) is 0 Å². The summed E-state index contributed by atoms with van der Waals surface area (Å²) in [6.07, 6.45) is 0. The first kappa shape index (κ1) is 12.6. The normalized spacial score (nSPS) is 11.2. The molecule has 96 valence electrons. The Bertz CT molecular complexity index is 558. The van der Waals surface area contributed by atoms with E-state index in [-0.39, 0.29) is 5.82 Å². The molecule has 0 radical (unpaired) electrons. The van der Waals surface area contributed by atoms with Crippen molar-refractivity contribution in [1.82, 2.24) is 9.55 Å². The van der Waals surface area contributed by atoms with Gasteiger partial charge in [0.1, 0.15) is 23.2 Å². The number of aryl methyl sites for hydroxylation is 1. The lowest BCUT2D eigenvalue weighted by Gasteiger charge is -2.10. The van der Waals surface area contributed by atoms with Crippen molar-refractivity contribution in [2.45, 2.75) is 27.3 Å². The summed E-state index contributed by atoms with van der Waals surface area (Å²) in [6.45, 7) is 6.91. The summed E-state index contributed by atoms with van der Waals surface area (Å²) in [7, 11) is 0. The second-order valence-corrected chi connectivity index (χ2v) is 4.88. The van der Waals surface area contributed by atoms with Crippen molar-refractivity contribution < 1.29 is 4.39 Å². The first-order chi connectivity index (χ1) is 8.50. The molecule has 18 heavy (non-hydrogen) atoms. The van der Waals surface area contributed by atoms with E-state index in [1.807, 2.05) is 11.5 Å². The summed E-state index contributed by atoms with van der Waals surface area (Å²) < 4.78 is 15.7. The number of hydrogen-bond acceptors (Lipinski definition) is 2. The first-order valence-corrected chi connectivity index (χ1v) is 6.08. The van der Waals surface area contributed by atoms with Crippen LogP contribution in [0.1, 0.15) is 19.7 Å². The first-order valence-electron chi connectivity index (χ1n) is 6.08. The number of halogens is 1. The number of rotatable bonds is 3. The predicted molar refractivity (Wildman–Crippen MR) is 71.6 cm³/mol. The van der Waals surface area contributed by atoms with Crippen molar-refractivity contribution in [3.63, 3.8) is 0 Å². The SMILES string of the molecule is Cc1nc(-c2ccccc2F)c(N)n1CC(C)C. The minimum atomic E-state index is -0.293. The summed E-state index contributed by atoms with van der Waals surface area (Å²) in [4.78, 5) is 4.39. The van der Waals surface area contributed by atoms with Crippen molar-refractivity contribution in [3.05, 3.63) is 35.9 Å². The molecule has 3 nitrogen and oxygen atoms in total. The van der Waals surface area contributed by atoms with Gasteiger partial charge < -0.3 is 10.3 Å². The molecule has 0 saturated heterocycles. The molecule has 2 N–H and O–H groups in total. The second kappa shape index (κ2) is 4.80. The number of benzene rings is 1. The number of hydrogen-bond donors (Lipinski definition) is 1. The van der Waals surface area contributed by atoms with Gasteiger partial charge in [-0.2, -0.15) is 0 Å². The van der Waals surface area contributed by atoms with Gasteiger partial charge in [0.25, 0.3) is 0 Å². The molecule has 0 fully saturated rings. The van der Waals surface area contributed by atoms with E-state index in [4.69, 9.17) is 5.73 Å². The monoisotopic (exact) mass is 247 g/mol. The van der Waals surface area contributed by atoms with Gasteiger partial charge in [0, 0.05) is 12.1 Å². The van der Waals surface area contributed by atoms with Crippen LogP contribution >= 0.6 is 0 Å². The van der Waals surface area contributed by atoms with Crippen LogP contribution in [-0.4, -0.2) is 9.55 Å². The molecule has 1 heterocycles. The lowest BCUT2D eigenvalue weighted by atomic mass is 10.1. The molecular formula is C14H18FN3. The van der Waals surface area contributed by atoms with Gasteiger partial charge in [-0.15, -0.1) is 0 Å². The Hall–Kier alpha value is -1.84. The van der Waals surface area contributed by atoms with Crippen LogP contribution in [0.5, 0.6) is 0 Å². The van der Waals surface area contributed by atoms with Crippen molar-refractivity contribution in [2.24, 2.45) is 5.92 Å². The molecule has 1 aromatic carbocycles. The van der Waals surface area contributed by atoms with Crippen molar-refractivity contribution >= 4 is 5.82 Å². The Labute approximate surface area is 106 Å². The van der Waals surface area contributed by atoms with Crippen LogP contribution in [0.15, 0.2) is 24.3 Å². The number of anilines is 1. The van der Waals surface area contributed by atoms with E-state index in [0.717, 1.165) is 12.4 Å². The zero-order valence-corrected chi connectivity index (χ0v) is 10.9. The lowest BCUT2D eigenvalue weighted by molar-refractivity contribution is 0.518. The summed E-state index contributed by atoms with van der Waals surface area (Å²) in [6, 6.07) is 6.57. The minimum absolute atomic E-state index is 0.293. The van der Waals surface area contributed by atoms with Crippen LogP contribution in [0.25, 0.3) is 11.3 Å². The maximum Gasteiger partial charge on any atom is 0.132 e. The molecule has 1 aromatic heterocycles. The van der Waals surface area contributed by atoms with Crippen LogP contribution in [-0.2, 0) is 6.54 Å². The fourth-order valence-electron chi connectivity index (χ4n) is 2.03.